The maximum Gasteiger partial charge on any atom is 0.0834 e. The van der Waals surface area contributed by atoms with Gasteiger partial charge in [0.15, 0.2) is 0 Å². The van der Waals surface area contributed by atoms with Crippen LogP contribution in [0.1, 0.15) is 27.7 Å². The first-order valence-electron chi connectivity index (χ1n) is 3.62. The van der Waals surface area contributed by atoms with Crippen LogP contribution < -0.4 is 5.73 Å². The molecule has 2 N–H and O–H groups in total. The van der Waals surface area contributed by atoms with Crippen molar-refractivity contribution >= 4 is 28.6 Å². The molecule has 0 aliphatic carbocycles. The van der Waals surface area contributed by atoms with Gasteiger partial charge in [0.05, 0.1) is 28.6 Å². The van der Waals surface area contributed by atoms with Crippen LogP contribution in [0.5, 0.6) is 0 Å². The number of allylic oxidation sites excluding steroid dienone is 2. The Morgan fingerprint density at radius 2 is 1.82 bits per heavy atom. The second kappa shape index (κ2) is 4.74. The summed E-state index contributed by atoms with van der Waals surface area (Å²) in [5.74, 6) is 0.449. The molecule has 0 spiro atoms. The molecule has 0 fully saturated rings. The Morgan fingerprint density at radius 1 is 1.36 bits per heavy atom. The van der Waals surface area contributed by atoms with E-state index in [4.69, 9.17) is 5.73 Å². The summed E-state index contributed by atoms with van der Waals surface area (Å²) >= 11 is 2.01. The maximum atomic E-state index is 5.65. The molecule has 64 valence electrons. The van der Waals surface area contributed by atoms with Crippen molar-refractivity contribution in [3.8, 4) is 0 Å². The topological polar surface area (TPSA) is 38.4 Å². The Kier molecular flexibility index (Phi) is 4.72. The summed E-state index contributed by atoms with van der Waals surface area (Å²) in [5, 5.41) is 0. The Morgan fingerprint density at radius 3 is 1.91 bits per heavy atom. The Bertz CT molecular complexity index is 188. The molecule has 0 atom stereocenters. The van der Waals surface area contributed by atoms with Gasteiger partial charge < -0.3 is 5.73 Å². The molecule has 3 heteroatoms. The van der Waals surface area contributed by atoms with Crippen LogP contribution in [0, 0.1) is 5.92 Å². The van der Waals surface area contributed by atoms with Crippen LogP contribution in [-0.2, 0) is 0 Å². The number of rotatable bonds is 2. The van der Waals surface area contributed by atoms with Crippen molar-refractivity contribution in [1.29, 1.82) is 0 Å². The first-order chi connectivity index (χ1) is 5.00. The largest absolute Gasteiger partial charge is 0.402 e. The van der Waals surface area contributed by atoms with Crippen molar-refractivity contribution in [1.82, 2.24) is 0 Å². The summed E-state index contributed by atoms with van der Waals surface area (Å²) in [6.45, 7) is 8.14. The molecular formula is C8H15IN2. The van der Waals surface area contributed by atoms with Crippen molar-refractivity contribution < 1.29 is 0 Å². The molecule has 0 bridgehead atoms. The van der Waals surface area contributed by atoms with E-state index in [0.717, 1.165) is 17.0 Å². The highest BCUT2D eigenvalue weighted by Crippen LogP contribution is 2.11. The molecule has 0 rings (SSSR count). The molecule has 0 saturated carbocycles. The zero-order chi connectivity index (χ0) is 9.02. The first kappa shape index (κ1) is 10.9. The van der Waals surface area contributed by atoms with E-state index in [1.165, 1.54) is 0 Å². The third-order valence-corrected chi connectivity index (χ3v) is 2.13. The monoisotopic (exact) mass is 266 g/mol. The molecule has 0 aliphatic heterocycles. The van der Waals surface area contributed by atoms with Crippen LogP contribution in [0.15, 0.2) is 14.5 Å². The summed E-state index contributed by atoms with van der Waals surface area (Å²) in [6, 6.07) is 0. The Balaban J connectivity index is 4.70. The van der Waals surface area contributed by atoms with Gasteiger partial charge >= 0.3 is 0 Å². The summed E-state index contributed by atoms with van der Waals surface area (Å²) in [7, 11) is 0. The standard InChI is InChI=1S/C8H15IN2/c1-5(2)8(11-9)6(3)7(4)10/h5H,10H2,1-4H3. The molecule has 0 unspecified atom stereocenters. The van der Waals surface area contributed by atoms with Gasteiger partial charge in [-0.3, -0.25) is 0 Å². The van der Waals surface area contributed by atoms with Gasteiger partial charge in [0.25, 0.3) is 0 Å². The highest BCUT2D eigenvalue weighted by molar-refractivity contribution is 14.1. The van der Waals surface area contributed by atoms with Crippen LogP contribution in [0.4, 0.5) is 0 Å². The first-order valence-corrected chi connectivity index (χ1v) is 4.59. The average Bonchev–Trinajstić information content (AvgIpc) is 1.88. The number of nitrogens with two attached hydrogens (primary N) is 1. The molecule has 0 radical (unpaired) electrons. The van der Waals surface area contributed by atoms with Crippen molar-refractivity contribution in [2.24, 2.45) is 14.9 Å². The quantitative estimate of drug-likeness (QED) is 0.605. The van der Waals surface area contributed by atoms with Gasteiger partial charge in [0.1, 0.15) is 0 Å². The molecule has 0 aromatic carbocycles. The predicted molar refractivity (Wildman–Crippen MR) is 58.9 cm³/mol. The Hall–Kier alpha value is -0.0600. The van der Waals surface area contributed by atoms with E-state index in [9.17, 15) is 0 Å². The molecule has 0 aromatic heterocycles. The lowest BCUT2D eigenvalue weighted by molar-refractivity contribution is 0.884. The van der Waals surface area contributed by atoms with Gasteiger partial charge in [-0.25, -0.2) is 3.21 Å². The smallest absolute Gasteiger partial charge is 0.0834 e. The Labute approximate surface area is 82.5 Å². The van der Waals surface area contributed by atoms with Crippen molar-refractivity contribution in [2.75, 3.05) is 0 Å². The van der Waals surface area contributed by atoms with E-state index < -0.39 is 0 Å². The van der Waals surface area contributed by atoms with Crippen molar-refractivity contribution in [3.63, 3.8) is 0 Å². The number of halogens is 1. The average molecular weight is 266 g/mol. The molecular weight excluding hydrogens is 251 g/mol. The lowest BCUT2D eigenvalue weighted by Crippen LogP contribution is -2.12. The van der Waals surface area contributed by atoms with Gasteiger partial charge in [0.2, 0.25) is 0 Å². The second-order valence-corrected chi connectivity index (χ2v) is 3.41. The lowest BCUT2D eigenvalue weighted by atomic mass is 10.0. The minimum absolute atomic E-state index is 0.449. The fraction of sp³-hybridized carbons (Fsp3) is 0.625. The zero-order valence-corrected chi connectivity index (χ0v) is 9.64. The van der Waals surface area contributed by atoms with Crippen molar-refractivity contribution in [3.05, 3.63) is 11.3 Å². The normalized spacial score (nSPS) is 15.3. The minimum Gasteiger partial charge on any atom is -0.402 e. The molecule has 2 nitrogen and oxygen atoms in total. The summed E-state index contributed by atoms with van der Waals surface area (Å²) in [5.41, 5.74) is 8.70. The number of nitrogens with zero attached hydrogens (tertiary/aromatic N) is 1. The SMILES string of the molecule is CC(N)=C(C)C(=NI)C(C)C. The van der Waals surface area contributed by atoms with Gasteiger partial charge in [-0.05, 0) is 25.3 Å². The van der Waals surface area contributed by atoms with Gasteiger partial charge in [-0.1, -0.05) is 13.8 Å². The number of hydrogen-bond acceptors (Lipinski definition) is 2. The van der Waals surface area contributed by atoms with Crippen LogP contribution >= 0.6 is 22.9 Å². The fourth-order valence-corrected chi connectivity index (χ4v) is 1.71. The van der Waals surface area contributed by atoms with Gasteiger partial charge in [-0.2, -0.15) is 0 Å². The van der Waals surface area contributed by atoms with Gasteiger partial charge in [-0.15, -0.1) is 0 Å². The molecule has 0 aliphatic rings. The third kappa shape index (κ3) is 3.22. The molecule has 0 heterocycles. The maximum absolute atomic E-state index is 5.65. The zero-order valence-electron chi connectivity index (χ0n) is 7.48. The van der Waals surface area contributed by atoms with E-state index in [1.807, 2.05) is 36.7 Å². The summed E-state index contributed by atoms with van der Waals surface area (Å²) in [6.07, 6.45) is 0. The second-order valence-electron chi connectivity index (χ2n) is 2.93. The van der Waals surface area contributed by atoms with E-state index in [1.54, 1.807) is 0 Å². The number of hydrogen-bond donors (Lipinski definition) is 1. The fourth-order valence-electron chi connectivity index (χ4n) is 0.796. The lowest BCUT2D eigenvalue weighted by Gasteiger charge is -2.09. The summed E-state index contributed by atoms with van der Waals surface area (Å²) in [4.78, 5) is 0. The van der Waals surface area contributed by atoms with E-state index >= 15 is 0 Å². The molecule has 0 saturated heterocycles. The highest BCUT2D eigenvalue weighted by atomic mass is 127. The third-order valence-electron chi connectivity index (χ3n) is 1.61. The van der Waals surface area contributed by atoms with Gasteiger partial charge in [0, 0.05) is 5.70 Å². The van der Waals surface area contributed by atoms with E-state index in [0.29, 0.717) is 5.92 Å². The predicted octanol–water partition coefficient (Wildman–Crippen LogP) is 2.69. The van der Waals surface area contributed by atoms with E-state index in [2.05, 4.69) is 17.1 Å². The van der Waals surface area contributed by atoms with E-state index in [-0.39, 0.29) is 0 Å². The summed E-state index contributed by atoms with van der Waals surface area (Å²) < 4.78 is 4.16. The van der Waals surface area contributed by atoms with Crippen LogP contribution in [0.25, 0.3) is 0 Å². The van der Waals surface area contributed by atoms with Crippen molar-refractivity contribution in [2.45, 2.75) is 27.7 Å². The highest BCUT2D eigenvalue weighted by Gasteiger charge is 2.07. The van der Waals surface area contributed by atoms with Crippen LogP contribution in [0.2, 0.25) is 0 Å². The van der Waals surface area contributed by atoms with Crippen LogP contribution in [-0.4, -0.2) is 5.71 Å². The minimum atomic E-state index is 0.449. The molecule has 11 heavy (non-hydrogen) atoms. The van der Waals surface area contributed by atoms with Crippen LogP contribution in [0.3, 0.4) is 0 Å². The molecule has 0 aromatic rings. The molecule has 0 amide bonds.